The molecule has 1 aromatic rings. The van der Waals surface area contributed by atoms with Crippen LogP contribution >= 0.6 is 0 Å². The molecule has 0 bridgehead atoms. The van der Waals surface area contributed by atoms with E-state index in [9.17, 15) is 4.79 Å². The number of nitrogens with two attached hydrogens (primary N) is 1. The highest BCUT2D eigenvalue weighted by molar-refractivity contribution is 5.78. The van der Waals surface area contributed by atoms with E-state index in [1.165, 1.54) is 5.56 Å². The lowest BCUT2D eigenvalue weighted by atomic mass is 9.93. The van der Waals surface area contributed by atoms with Crippen LogP contribution in [0.25, 0.3) is 0 Å². The number of benzene rings is 1. The maximum absolute atomic E-state index is 12.1. The third kappa shape index (κ3) is 4.46. The molecule has 0 radical (unpaired) electrons. The van der Waals surface area contributed by atoms with Crippen molar-refractivity contribution in [2.24, 2.45) is 5.73 Å². The Morgan fingerprint density at radius 3 is 2.14 bits per heavy atom. The van der Waals surface area contributed by atoms with Crippen molar-refractivity contribution in [3.05, 3.63) is 28.8 Å². The molecule has 21 heavy (non-hydrogen) atoms. The predicted octanol–water partition coefficient (Wildman–Crippen LogP) is 2.62. The van der Waals surface area contributed by atoms with Gasteiger partial charge in [-0.25, -0.2) is 0 Å². The molecular weight excluding hydrogens is 264 g/mol. The minimum Gasteiger partial charge on any atom is -0.483 e. The number of hydrogen-bond acceptors (Lipinski definition) is 3. The van der Waals surface area contributed by atoms with Crippen molar-refractivity contribution >= 4 is 5.91 Å². The lowest BCUT2D eigenvalue weighted by Crippen LogP contribution is -2.54. The second-order valence-corrected chi connectivity index (χ2v) is 5.76. The number of aryl methyl sites for hydroxylation is 3. The molecule has 3 N–H and O–H groups in total. The maximum atomic E-state index is 12.1. The van der Waals surface area contributed by atoms with E-state index in [1.54, 1.807) is 0 Å². The lowest BCUT2D eigenvalue weighted by molar-refractivity contribution is -0.125. The fraction of sp³-hybridized carbons (Fsp3) is 0.588. The Hall–Kier alpha value is -1.55. The van der Waals surface area contributed by atoms with Crippen molar-refractivity contribution < 1.29 is 9.53 Å². The monoisotopic (exact) mass is 292 g/mol. The average Bonchev–Trinajstić information content (AvgIpc) is 2.43. The van der Waals surface area contributed by atoms with E-state index in [-0.39, 0.29) is 18.1 Å². The molecule has 0 fully saturated rings. The zero-order valence-electron chi connectivity index (χ0n) is 13.9. The summed E-state index contributed by atoms with van der Waals surface area (Å²) in [5.74, 6) is 0.672. The summed E-state index contributed by atoms with van der Waals surface area (Å²) in [5, 5.41) is 3.01. The number of amides is 1. The van der Waals surface area contributed by atoms with Crippen molar-refractivity contribution in [1.82, 2.24) is 5.32 Å². The third-order valence-electron chi connectivity index (χ3n) is 4.10. The molecule has 0 saturated carbocycles. The van der Waals surface area contributed by atoms with Crippen molar-refractivity contribution in [2.75, 3.05) is 13.2 Å². The quantitative estimate of drug-likeness (QED) is 0.812. The summed E-state index contributed by atoms with van der Waals surface area (Å²) in [6.45, 7) is 10.6. The van der Waals surface area contributed by atoms with E-state index in [4.69, 9.17) is 10.5 Å². The van der Waals surface area contributed by atoms with E-state index in [1.807, 2.05) is 27.7 Å². The van der Waals surface area contributed by atoms with Gasteiger partial charge in [-0.15, -0.1) is 0 Å². The number of rotatable bonds is 7. The van der Waals surface area contributed by atoms with E-state index in [0.29, 0.717) is 6.54 Å². The van der Waals surface area contributed by atoms with Crippen LogP contribution in [0.2, 0.25) is 0 Å². The van der Waals surface area contributed by atoms with Crippen LogP contribution in [0, 0.1) is 20.8 Å². The van der Waals surface area contributed by atoms with Gasteiger partial charge in [0.25, 0.3) is 5.91 Å². The van der Waals surface area contributed by atoms with Gasteiger partial charge in [0.05, 0.1) is 5.54 Å². The molecule has 0 unspecified atom stereocenters. The van der Waals surface area contributed by atoms with Crippen LogP contribution in [0.1, 0.15) is 43.4 Å². The van der Waals surface area contributed by atoms with E-state index < -0.39 is 0 Å². The van der Waals surface area contributed by atoms with Crippen LogP contribution in [0.4, 0.5) is 0 Å². The lowest BCUT2D eigenvalue weighted by Gasteiger charge is -2.31. The molecule has 0 spiro atoms. The first-order chi connectivity index (χ1) is 9.87. The predicted molar refractivity (Wildman–Crippen MR) is 86.7 cm³/mol. The molecule has 4 heteroatoms. The van der Waals surface area contributed by atoms with Gasteiger partial charge < -0.3 is 15.8 Å². The number of carbonyl (C=O) groups is 1. The van der Waals surface area contributed by atoms with Crippen LogP contribution in [0.15, 0.2) is 12.1 Å². The van der Waals surface area contributed by atoms with E-state index in [2.05, 4.69) is 24.4 Å². The van der Waals surface area contributed by atoms with Crippen LogP contribution in [-0.4, -0.2) is 24.6 Å². The largest absolute Gasteiger partial charge is 0.483 e. The summed E-state index contributed by atoms with van der Waals surface area (Å²) >= 11 is 0. The van der Waals surface area contributed by atoms with E-state index >= 15 is 0 Å². The first-order valence-electron chi connectivity index (χ1n) is 7.59. The average molecular weight is 292 g/mol. The molecule has 0 heterocycles. The number of carbonyl (C=O) groups excluding carboxylic acids is 1. The standard InChI is InChI=1S/C17H28N2O2/c1-6-17(7-2,11-18)19-15(20)10-21-16-13(4)8-12(3)9-14(16)5/h8-9H,6-7,10-11,18H2,1-5H3,(H,19,20). The highest BCUT2D eigenvalue weighted by atomic mass is 16.5. The molecule has 0 aromatic heterocycles. The van der Waals surface area contributed by atoms with Crippen molar-refractivity contribution in [2.45, 2.75) is 53.0 Å². The molecule has 1 rings (SSSR count). The zero-order chi connectivity index (χ0) is 16.0. The third-order valence-corrected chi connectivity index (χ3v) is 4.10. The van der Waals surface area contributed by atoms with Crippen LogP contribution < -0.4 is 15.8 Å². The molecule has 0 atom stereocenters. The Labute approximate surface area is 128 Å². The summed E-state index contributed by atoms with van der Waals surface area (Å²) in [5.41, 5.74) is 8.77. The second-order valence-electron chi connectivity index (χ2n) is 5.76. The summed E-state index contributed by atoms with van der Waals surface area (Å²) < 4.78 is 5.71. The van der Waals surface area contributed by atoms with Crippen LogP contribution in [0.3, 0.4) is 0 Å². The molecule has 0 aliphatic heterocycles. The number of nitrogens with one attached hydrogen (secondary N) is 1. The molecule has 1 amide bonds. The molecule has 4 nitrogen and oxygen atoms in total. The zero-order valence-corrected chi connectivity index (χ0v) is 13.9. The molecule has 0 saturated heterocycles. The normalized spacial score (nSPS) is 11.3. The van der Waals surface area contributed by atoms with Gasteiger partial charge in [0.2, 0.25) is 0 Å². The van der Waals surface area contributed by atoms with Gasteiger partial charge in [-0.05, 0) is 44.7 Å². The number of hydrogen-bond donors (Lipinski definition) is 2. The summed E-state index contributed by atoms with van der Waals surface area (Å²) in [4.78, 5) is 12.1. The Bertz CT molecular complexity index is 462. The fourth-order valence-corrected chi connectivity index (χ4v) is 2.63. The van der Waals surface area contributed by atoms with E-state index in [0.717, 1.165) is 29.7 Å². The van der Waals surface area contributed by atoms with Crippen molar-refractivity contribution in [1.29, 1.82) is 0 Å². The van der Waals surface area contributed by atoms with Gasteiger partial charge in [0.15, 0.2) is 6.61 Å². The van der Waals surface area contributed by atoms with Gasteiger partial charge in [-0.1, -0.05) is 31.5 Å². The van der Waals surface area contributed by atoms with Crippen LogP contribution in [-0.2, 0) is 4.79 Å². The number of ether oxygens (including phenoxy) is 1. The summed E-state index contributed by atoms with van der Waals surface area (Å²) in [6.07, 6.45) is 1.63. The minimum absolute atomic E-state index is 0.0203. The van der Waals surface area contributed by atoms with Gasteiger partial charge in [0.1, 0.15) is 5.75 Å². The SMILES string of the molecule is CCC(CC)(CN)NC(=O)COc1c(C)cc(C)cc1C. The second kappa shape index (κ2) is 7.46. The van der Waals surface area contributed by atoms with Gasteiger partial charge in [-0.3, -0.25) is 4.79 Å². The Morgan fingerprint density at radius 2 is 1.71 bits per heavy atom. The minimum atomic E-state index is -0.322. The highest BCUT2D eigenvalue weighted by Crippen LogP contribution is 2.24. The first-order valence-corrected chi connectivity index (χ1v) is 7.59. The topological polar surface area (TPSA) is 64.3 Å². The Morgan fingerprint density at radius 1 is 1.19 bits per heavy atom. The van der Waals surface area contributed by atoms with Crippen molar-refractivity contribution in [3.8, 4) is 5.75 Å². The summed E-state index contributed by atoms with van der Waals surface area (Å²) in [7, 11) is 0. The summed E-state index contributed by atoms with van der Waals surface area (Å²) in [6, 6.07) is 4.12. The maximum Gasteiger partial charge on any atom is 0.258 e. The first kappa shape index (κ1) is 17.5. The smallest absolute Gasteiger partial charge is 0.258 e. The fourth-order valence-electron chi connectivity index (χ4n) is 2.63. The highest BCUT2D eigenvalue weighted by Gasteiger charge is 2.26. The Balaban J connectivity index is 2.70. The van der Waals surface area contributed by atoms with Crippen LogP contribution in [0.5, 0.6) is 5.75 Å². The molecule has 0 aliphatic carbocycles. The molecule has 1 aromatic carbocycles. The van der Waals surface area contributed by atoms with Gasteiger partial charge >= 0.3 is 0 Å². The Kier molecular flexibility index (Phi) is 6.21. The van der Waals surface area contributed by atoms with Crippen molar-refractivity contribution in [3.63, 3.8) is 0 Å². The van der Waals surface area contributed by atoms with Gasteiger partial charge in [-0.2, -0.15) is 0 Å². The molecule has 118 valence electrons. The molecule has 0 aliphatic rings. The van der Waals surface area contributed by atoms with Gasteiger partial charge in [0, 0.05) is 6.54 Å². The molecular formula is C17H28N2O2.